The molecule has 0 saturated carbocycles. The molecule has 2 aromatic heterocycles. The minimum Gasteiger partial charge on any atom is -0.396 e. The second kappa shape index (κ2) is 9.09. The molecule has 3 aromatic rings. The summed E-state index contributed by atoms with van der Waals surface area (Å²) in [6, 6.07) is 13.4. The number of rotatable bonds is 8. The van der Waals surface area contributed by atoms with Crippen molar-refractivity contribution in [3.8, 4) is 5.82 Å². The number of anilines is 1. The SMILES string of the molecule is CCc1c(C(=O)Nc2ccc(CCCCO)cc2)cnn1-c1ccccn1. The molecule has 0 spiro atoms. The Balaban J connectivity index is 1.72. The molecule has 2 heterocycles. The van der Waals surface area contributed by atoms with E-state index in [1.807, 2.05) is 49.4 Å². The largest absolute Gasteiger partial charge is 0.396 e. The molecule has 1 amide bonds. The number of nitrogens with zero attached hydrogens (tertiary/aromatic N) is 3. The highest BCUT2D eigenvalue weighted by molar-refractivity contribution is 6.05. The lowest BCUT2D eigenvalue weighted by Crippen LogP contribution is -2.14. The predicted molar refractivity (Wildman–Crippen MR) is 105 cm³/mol. The van der Waals surface area contributed by atoms with Crippen LogP contribution in [0.3, 0.4) is 0 Å². The highest BCUT2D eigenvalue weighted by Gasteiger charge is 2.17. The van der Waals surface area contributed by atoms with Gasteiger partial charge < -0.3 is 10.4 Å². The van der Waals surface area contributed by atoms with Crippen LogP contribution in [0.2, 0.25) is 0 Å². The van der Waals surface area contributed by atoms with E-state index >= 15 is 0 Å². The molecule has 0 saturated heterocycles. The number of aryl methyl sites for hydroxylation is 1. The summed E-state index contributed by atoms with van der Waals surface area (Å²) < 4.78 is 1.71. The zero-order chi connectivity index (χ0) is 19.1. The van der Waals surface area contributed by atoms with Gasteiger partial charge in [-0.3, -0.25) is 4.79 Å². The number of aromatic nitrogens is 3. The number of aliphatic hydroxyl groups excluding tert-OH is 1. The van der Waals surface area contributed by atoms with Gasteiger partial charge in [0.05, 0.1) is 17.5 Å². The fourth-order valence-electron chi connectivity index (χ4n) is 2.97. The summed E-state index contributed by atoms with van der Waals surface area (Å²) in [6.07, 6.45) is 6.65. The molecule has 6 heteroatoms. The Bertz CT molecular complexity index is 873. The molecule has 0 bridgehead atoms. The van der Waals surface area contributed by atoms with Gasteiger partial charge in [0.1, 0.15) is 0 Å². The quantitative estimate of drug-likeness (QED) is 0.601. The average molecular weight is 364 g/mol. The van der Waals surface area contributed by atoms with E-state index in [2.05, 4.69) is 15.4 Å². The van der Waals surface area contributed by atoms with Gasteiger partial charge in [-0.05, 0) is 55.5 Å². The van der Waals surface area contributed by atoms with Crippen molar-refractivity contribution in [1.29, 1.82) is 0 Å². The molecule has 2 N–H and O–H groups in total. The van der Waals surface area contributed by atoms with Crippen molar-refractivity contribution in [2.45, 2.75) is 32.6 Å². The molecule has 0 unspecified atom stereocenters. The van der Waals surface area contributed by atoms with Gasteiger partial charge in [0.2, 0.25) is 0 Å². The number of aliphatic hydroxyl groups is 1. The highest BCUT2D eigenvalue weighted by atomic mass is 16.2. The number of pyridine rings is 1. The number of benzene rings is 1. The van der Waals surface area contributed by atoms with E-state index in [0.29, 0.717) is 17.8 Å². The van der Waals surface area contributed by atoms with Gasteiger partial charge in [-0.1, -0.05) is 25.1 Å². The Kier molecular flexibility index (Phi) is 6.33. The molecular formula is C21H24N4O2. The van der Waals surface area contributed by atoms with Crippen LogP contribution < -0.4 is 5.32 Å². The van der Waals surface area contributed by atoms with Gasteiger partial charge in [-0.25, -0.2) is 9.67 Å². The lowest BCUT2D eigenvalue weighted by Gasteiger charge is -2.08. The normalized spacial score (nSPS) is 10.7. The number of unbranched alkanes of at least 4 members (excludes halogenated alkanes) is 1. The fraction of sp³-hybridized carbons (Fsp3) is 0.286. The molecule has 3 rings (SSSR count). The second-order valence-electron chi connectivity index (χ2n) is 6.29. The average Bonchev–Trinajstić information content (AvgIpc) is 3.14. The zero-order valence-corrected chi connectivity index (χ0v) is 15.4. The number of hydrogen-bond donors (Lipinski definition) is 2. The number of hydrogen-bond acceptors (Lipinski definition) is 4. The minimum atomic E-state index is -0.179. The Morgan fingerprint density at radius 1 is 1.15 bits per heavy atom. The van der Waals surface area contributed by atoms with Crippen molar-refractivity contribution in [3.63, 3.8) is 0 Å². The van der Waals surface area contributed by atoms with Crippen molar-refractivity contribution < 1.29 is 9.90 Å². The first-order valence-electron chi connectivity index (χ1n) is 9.22. The maximum Gasteiger partial charge on any atom is 0.259 e. The highest BCUT2D eigenvalue weighted by Crippen LogP contribution is 2.17. The van der Waals surface area contributed by atoms with Crippen molar-refractivity contribution in [2.24, 2.45) is 0 Å². The Morgan fingerprint density at radius 3 is 2.63 bits per heavy atom. The molecule has 1 aromatic carbocycles. The van der Waals surface area contributed by atoms with Crippen LogP contribution in [-0.4, -0.2) is 32.4 Å². The van der Waals surface area contributed by atoms with Gasteiger partial charge in [0.15, 0.2) is 5.82 Å². The molecule has 6 nitrogen and oxygen atoms in total. The van der Waals surface area contributed by atoms with Crippen molar-refractivity contribution in [2.75, 3.05) is 11.9 Å². The van der Waals surface area contributed by atoms with E-state index in [1.165, 1.54) is 5.56 Å². The van der Waals surface area contributed by atoms with Crippen molar-refractivity contribution >= 4 is 11.6 Å². The smallest absolute Gasteiger partial charge is 0.259 e. The van der Waals surface area contributed by atoms with Crippen LogP contribution in [0.25, 0.3) is 5.82 Å². The van der Waals surface area contributed by atoms with Gasteiger partial charge in [-0.2, -0.15) is 5.10 Å². The van der Waals surface area contributed by atoms with E-state index in [0.717, 1.165) is 30.6 Å². The monoisotopic (exact) mass is 364 g/mol. The summed E-state index contributed by atoms with van der Waals surface area (Å²) in [7, 11) is 0. The summed E-state index contributed by atoms with van der Waals surface area (Å²) in [5, 5.41) is 16.1. The lowest BCUT2D eigenvalue weighted by atomic mass is 10.1. The predicted octanol–water partition coefficient (Wildman–Crippen LogP) is 3.40. The number of nitrogens with one attached hydrogen (secondary N) is 1. The third-order valence-corrected chi connectivity index (χ3v) is 4.40. The van der Waals surface area contributed by atoms with E-state index in [4.69, 9.17) is 5.11 Å². The maximum absolute atomic E-state index is 12.7. The van der Waals surface area contributed by atoms with Crippen LogP contribution in [0.5, 0.6) is 0 Å². The Labute approximate surface area is 158 Å². The van der Waals surface area contributed by atoms with Crippen LogP contribution in [0.4, 0.5) is 5.69 Å². The zero-order valence-electron chi connectivity index (χ0n) is 15.4. The molecule has 0 aliphatic heterocycles. The molecule has 0 radical (unpaired) electrons. The van der Waals surface area contributed by atoms with Gasteiger partial charge in [0, 0.05) is 18.5 Å². The molecular weight excluding hydrogens is 340 g/mol. The Morgan fingerprint density at radius 2 is 1.96 bits per heavy atom. The summed E-state index contributed by atoms with van der Waals surface area (Å²) >= 11 is 0. The number of carbonyl (C=O) groups is 1. The van der Waals surface area contributed by atoms with Crippen LogP contribution in [0.1, 0.15) is 41.4 Å². The van der Waals surface area contributed by atoms with Crippen LogP contribution in [0.15, 0.2) is 54.9 Å². The minimum absolute atomic E-state index is 0.179. The van der Waals surface area contributed by atoms with E-state index < -0.39 is 0 Å². The topological polar surface area (TPSA) is 80.0 Å². The molecule has 140 valence electrons. The maximum atomic E-state index is 12.7. The molecule has 0 atom stereocenters. The lowest BCUT2D eigenvalue weighted by molar-refractivity contribution is 0.102. The summed E-state index contributed by atoms with van der Waals surface area (Å²) in [5.41, 5.74) is 3.32. The van der Waals surface area contributed by atoms with Crippen LogP contribution in [-0.2, 0) is 12.8 Å². The number of carbonyl (C=O) groups excluding carboxylic acids is 1. The van der Waals surface area contributed by atoms with E-state index in [-0.39, 0.29) is 12.5 Å². The van der Waals surface area contributed by atoms with Crippen molar-refractivity contribution in [1.82, 2.24) is 14.8 Å². The molecule has 0 fully saturated rings. The molecule has 27 heavy (non-hydrogen) atoms. The third-order valence-electron chi connectivity index (χ3n) is 4.40. The fourth-order valence-corrected chi connectivity index (χ4v) is 2.97. The molecule has 0 aliphatic rings. The van der Waals surface area contributed by atoms with Gasteiger partial charge >= 0.3 is 0 Å². The number of amides is 1. The summed E-state index contributed by atoms with van der Waals surface area (Å²) in [5.74, 6) is 0.516. The molecule has 0 aliphatic carbocycles. The summed E-state index contributed by atoms with van der Waals surface area (Å²) in [4.78, 5) is 17.0. The second-order valence-corrected chi connectivity index (χ2v) is 6.29. The van der Waals surface area contributed by atoms with E-state index in [9.17, 15) is 4.79 Å². The first-order valence-corrected chi connectivity index (χ1v) is 9.22. The van der Waals surface area contributed by atoms with Crippen molar-refractivity contribution in [3.05, 3.63) is 71.7 Å². The van der Waals surface area contributed by atoms with Gasteiger partial charge in [-0.15, -0.1) is 0 Å². The van der Waals surface area contributed by atoms with Crippen LogP contribution in [0, 0.1) is 0 Å². The van der Waals surface area contributed by atoms with Crippen LogP contribution >= 0.6 is 0 Å². The first kappa shape index (κ1) is 18.8. The third kappa shape index (κ3) is 4.60. The Hall–Kier alpha value is -2.99. The summed E-state index contributed by atoms with van der Waals surface area (Å²) in [6.45, 7) is 2.22. The first-order chi connectivity index (χ1) is 13.2. The van der Waals surface area contributed by atoms with Gasteiger partial charge in [0.25, 0.3) is 5.91 Å². The standard InChI is InChI=1S/C21H24N4O2/c1-2-19-18(15-23-25(19)20-8-3-5-13-22-20)21(27)24-17-11-9-16(10-12-17)7-4-6-14-26/h3,5,8-13,15,26H,2,4,6-7,14H2,1H3,(H,24,27). The van der Waals surface area contributed by atoms with E-state index in [1.54, 1.807) is 17.1 Å².